The van der Waals surface area contributed by atoms with Gasteiger partial charge in [0.1, 0.15) is 13.1 Å². The Morgan fingerprint density at radius 1 is 0.917 bits per heavy atom. The lowest BCUT2D eigenvalue weighted by Crippen LogP contribution is -2.44. The normalized spacial score (nSPS) is 16.6. The summed E-state index contributed by atoms with van der Waals surface area (Å²) in [6.07, 6.45) is -1.54. The van der Waals surface area contributed by atoms with Crippen LogP contribution in [0.3, 0.4) is 0 Å². The number of hydrogen-bond acceptors (Lipinski definition) is 11. The summed E-state index contributed by atoms with van der Waals surface area (Å²) in [5, 5.41) is 17.5. The molecular weight excluding hydrogens is 336 g/mol. The lowest BCUT2D eigenvalue weighted by atomic mass is 10.4. The average Bonchev–Trinajstić information content (AvgIpc) is 2.46. The summed E-state index contributed by atoms with van der Waals surface area (Å²) in [6, 6.07) is 0. The van der Waals surface area contributed by atoms with E-state index in [1.54, 1.807) is 0 Å². The second kappa shape index (κ2) is 9.26. The third-order valence-electron chi connectivity index (χ3n) is 2.56. The quantitative estimate of drug-likeness (QED) is 0.476. The topological polar surface area (TPSA) is 169 Å². The van der Waals surface area contributed by atoms with Gasteiger partial charge in [-0.2, -0.15) is 4.79 Å². The molecule has 0 aromatic rings. The fourth-order valence-electron chi connectivity index (χ4n) is 1.69. The number of hydrogen-bond donors (Lipinski definition) is 2. The Labute approximate surface area is 134 Å². The first-order chi connectivity index (χ1) is 11.3. The molecule has 1 aliphatic heterocycles. The predicted octanol–water partition coefficient (Wildman–Crippen LogP) is -2.16. The van der Waals surface area contributed by atoms with E-state index in [-0.39, 0.29) is 13.1 Å². The fraction of sp³-hybridized carbons (Fsp3) is 0.545. The van der Waals surface area contributed by atoms with Crippen LogP contribution in [0.15, 0.2) is 0 Å². The summed E-state index contributed by atoms with van der Waals surface area (Å²) in [4.78, 5) is 73.2. The Bertz CT molecular complexity index is 480. The van der Waals surface area contributed by atoms with Crippen molar-refractivity contribution in [2.45, 2.75) is 0 Å². The van der Waals surface area contributed by atoms with Crippen LogP contribution in [0.1, 0.15) is 0 Å². The van der Waals surface area contributed by atoms with Crippen molar-refractivity contribution in [3.8, 4) is 0 Å². The first-order valence-corrected chi connectivity index (χ1v) is 6.43. The van der Waals surface area contributed by atoms with E-state index < -0.39 is 56.2 Å². The Balaban J connectivity index is 2.64. The molecule has 13 nitrogen and oxygen atoms in total. The molecule has 0 unspecified atom stereocenters. The molecule has 0 aromatic carbocycles. The third kappa shape index (κ3) is 7.90. The number of nitrogens with zero attached hydrogens (tertiary/aromatic N) is 2. The molecule has 0 radical (unpaired) electrons. The predicted molar refractivity (Wildman–Crippen MR) is 67.9 cm³/mol. The summed E-state index contributed by atoms with van der Waals surface area (Å²) in [5.74, 6) is -4.53. The molecule has 134 valence electrons. The van der Waals surface area contributed by atoms with Crippen LogP contribution in [0.25, 0.3) is 0 Å². The Morgan fingerprint density at radius 2 is 1.38 bits per heavy atom. The van der Waals surface area contributed by atoms with Crippen molar-refractivity contribution in [2.24, 2.45) is 0 Å². The summed E-state index contributed by atoms with van der Waals surface area (Å²) < 4.78 is 0. The number of carbonyl (C=O) groups excluding carboxylic acids is 3. The number of carboxylic acid groups (broad SMARTS) is 2. The monoisotopic (exact) mass is 350 g/mol. The van der Waals surface area contributed by atoms with Gasteiger partial charge in [0.15, 0.2) is 0 Å². The van der Waals surface area contributed by atoms with Crippen LogP contribution in [-0.2, 0) is 38.7 Å². The molecule has 0 aromatic heterocycles. The van der Waals surface area contributed by atoms with Gasteiger partial charge in [-0.15, -0.1) is 0 Å². The highest BCUT2D eigenvalue weighted by molar-refractivity contribution is 5.76. The molecule has 0 spiro atoms. The molecule has 1 aliphatic rings. The zero-order valence-corrected chi connectivity index (χ0v) is 12.2. The summed E-state index contributed by atoms with van der Waals surface area (Å²) in [5.41, 5.74) is 0. The average molecular weight is 350 g/mol. The van der Waals surface area contributed by atoms with Gasteiger partial charge in [-0.1, -0.05) is 0 Å². The van der Waals surface area contributed by atoms with Crippen molar-refractivity contribution in [3.05, 3.63) is 0 Å². The molecule has 0 atom stereocenters. The second-order valence-electron chi connectivity index (χ2n) is 4.54. The van der Waals surface area contributed by atoms with E-state index in [0.717, 1.165) is 4.90 Å². The minimum Gasteiger partial charge on any atom is -0.480 e. The Hall–Kier alpha value is -2.93. The van der Waals surface area contributed by atoms with Gasteiger partial charge in [-0.05, 0) is 0 Å². The van der Waals surface area contributed by atoms with Crippen molar-refractivity contribution in [2.75, 3.05) is 39.3 Å². The molecule has 1 saturated heterocycles. The standard InChI is InChI=1S/C11H14N2O11/c14-7(15)3-12(4-8(16)17)1-2-13-5-9(18)21-23-11(20)24-22-10(19)6-13/h1-6H2,(H,14,15)(H,16,17). The highest BCUT2D eigenvalue weighted by atomic mass is 17.3. The molecular formula is C11H14N2O11. The molecule has 1 heterocycles. The zero-order chi connectivity index (χ0) is 18.1. The molecule has 2 N–H and O–H groups in total. The van der Waals surface area contributed by atoms with Gasteiger partial charge in [0.05, 0.1) is 13.1 Å². The van der Waals surface area contributed by atoms with Crippen LogP contribution < -0.4 is 0 Å². The van der Waals surface area contributed by atoms with Crippen LogP contribution in [0, 0.1) is 0 Å². The van der Waals surface area contributed by atoms with E-state index in [2.05, 4.69) is 19.6 Å². The van der Waals surface area contributed by atoms with Crippen molar-refractivity contribution in [1.29, 1.82) is 0 Å². The highest BCUT2D eigenvalue weighted by Crippen LogP contribution is 2.00. The van der Waals surface area contributed by atoms with Crippen molar-refractivity contribution < 1.29 is 53.7 Å². The minimum absolute atomic E-state index is 0.0707. The van der Waals surface area contributed by atoms with Crippen molar-refractivity contribution in [3.63, 3.8) is 0 Å². The molecule has 0 bridgehead atoms. The molecule has 0 saturated carbocycles. The van der Waals surface area contributed by atoms with Gasteiger partial charge in [-0.3, -0.25) is 19.4 Å². The van der Waals surface area contributed by atoms with Crippen LogP contribution >= 0.6 is 0 Å². The van der Waals surface area contributed by atoms with E-state index in [1.807, 2.05) is 0 Å². The smallest absolute Gasteiger partial charge is 0.480 e. The zero-order valence-electron chi connectivity index (χ0n) is 12.2. The van der Waals surface area contributed by atoms with E-state index >= 15 is 0 Å². The van der Waals surface area contributed by atoms with Crippen molar-refractivity contribution >= 4 is 30.0 Å². The van der Waals surface area contributed by atoms with E-state index in [4.69, 9.17) is 10.2 Å². The fourth-order valence-corrected chi connectivity index (χ4v) is 1.69. The lowest BCUT2D eigenvalue weighted by molar-refractivity contribution is -0.296. The van der Waals surface area contributed by atoms with E-state index in [1.165, 1.54) is 4.90 Å². The van der Waals surface area contributed by atoms with Gasteiger partial charge >= 0.3 is 30.0 Å². The van der Waals surface area contributed by atoms with Gasteiger partial charge in [0.25, 0.3) is 0 Å². The number of carboxylic acids is 2. The summed E-state index contributed by atoms with van der Waals surface area (Å²) >= 11 is 0. The minimum atomic E-state index is -1.54. The van der Waals surface area contributed by atoms with Crippen LogP contribution in [0.4, 0.5) is 4.79 Å². The van der Waals surface area contributed by atoms with Gasteiger partial charge in [-0.25, -0.2) is 29.1 Å². The number of carbonyl (C=O) groups is 5. The first-order valence-electron chi connectivity index (χ1n) is 6.43. The van der Waals surface area contributed by atoms with Gasteiger partial charge < -0.3 is 10.2 Å². The molecule has 0 amide bonds. The van der Waals surface area contributed by atoms with Gasteiger partial charge in [0.2, 0.25) is 0 Å². The number of rotatable bonds is 7. The first kappa shape index (κ1) is 19.1. The molecule has 13 heteroatoms. The maximum atomic E-state index is 11.4. The van der Waals surface area contributed by atoms with E-state index in [9.17, 15) is 24.0 Å². The molecule has 1 fully saturated rings. The highest BCUT2D eigenvalue weighted by Gasteiger charge is 2.24. The Kier molecular flexibility index (Phi) is 7.38. The molecule has 1 rings (SSSR count). The van der Waals surface area contributed by atoms with Crippen LogP contribution in [-0.4, -0.2) is 89.3 Å². The lowest BCUT2D eigenvalue weighted by Gasteiger charge is -2.24. The van der Waals surface area contributed by atoms with Crippen molar-refractivity contribution in [1.82, 2.24) is 9.80 Å². The van der Waals surface area contributed by atoms with Crippen LogP contribution in [0.2, 0.25) is 0 Å². The maximum Gasteiger partial charge on any atom is 0.592 e. The Morgan fingerprint density at radius 3 is 1.79 bits per heavy atom. The second-order valence-corrected chi connectivity index (χ2v) is 4.54. The maximum absolute atomic E-state index is 11.4. The molecule has 0 aliphatic carbocycles. The summed E-state index contributed by atoms with van der Waals surface area (Å²) in [6.45, 7) is -2.23. The van der Waals surface area contributed by atoms with E-state index in [0.29, 0.717) is 0 Å². The van der Waals surface area contributed by atoms with Crippen LogP contribution in [0.5, 0.6) is 0 Å². The van der Waals surface area contributed by atoms with Gasteiger partial charge in [0, 0.05) is 13.1 Å². The summed E-state index contributed by atoms with van der Waals surface area (Å²) in [7, 11) is 0. The number of aliphatic carboxylic acids is 2. The SMILES string of the molecule is O=C(O)CN(CCN1CC(=O)OOC(=O)OOC(=O)C1)CC(=O)O. The molecule has 24 heavy (non-hydrogen) atoms. The largest absolute Gasteiger partial charge is 0.592 e. The third-order valence-corrected chi connectivity index (χ3v) is 2.56.